The van der Waals surface area contributed by atoms with Crippen molar-refractivity contribution in [2.45, 2.75) is 32.2 Å². The molecule has 0 aromatic carbocycles. The molecule has 0 heterocycles. The van der Waals surface area contributed by atoms with Gasteiger partial charge in [-0.15, -0.1) is 0 Å². The number of carbonyl (C=O) groups excluding carboxylic acids is 1. The first-order chi connectivity index (χ1) is 6.07. The van der Waals surface area contributed by atoms with Gasteiger partial charge in [-0.25, -0.2) is 4.79 Å². The number of hydrogen-bond acceptors (Lipinski definition) is 2. The second-order valence-corrected chi connectivity index (χ2v) is 3.62. The van der Waals surface area contributed by atoms with E-state index in [-0.39, 0.29) is 5.92 Å². The highest BCUT2D eigenvalue weighted by atomic mass is 16.4. The summed E-state index contributed by atoms with van der Waals surface area (Å²) in [4.78, 5) is 23.1. The van der Waals surface area contributed by atoms with Crippen LogP contribution < -0.4 is 0 Å². The van der Waals surface area contributed by atoms with Crippen LogP contribution in [0.4, 0.5) is 0 Å². The highest BCUT2D eigenvalue weighted by molar-refractivity contribution is 5.82. The maximum absolute atomic E-state index is 11.1. The van der Waals surface area contributed by atoms with E-state index in [0.29, 0.717) is 13.0 Å². The van der Waals surface area contributed by atoms with E-state index in [9.17, 15) is 9.59 Å². The Hall–Kier alpha value is -1.06. The lowest BCUT2D eigenvalue weighted by Gasteiger charge is -2.34. The third-order valence-corrected chi connectivity index (χ3v) is 2.87. The van der Waals surface area contributed by atoms with Gasteiger partial charge in [0, 0.05) is 6.54 Å². The molecule has 4 nitrogen and oxygen atoms in total. The Labute approximate surface area is 77.5 Å². The molecule has 0 saturated heterocycles. The minimum atomic E-state index is -0.990. The van der Waals surface area contributed by atoms with Crippen molar-refractivity contribution in [2.75, 3.05) is 6.54 Å². The lowest BCUT2D eigenvalue weighted by Crippen LogP contribution is -2.53. The Bertz CT molecular complexity index is 225. The van der Waals surface area contributed by atoms with Crippen molar-refractivity contribution in [1.82, 2.24) is 4.90 Å². The Morgan fingerprint density at radius 3 is 2.46 bits per heavy atom. The van der Waals surface area contributed by atoms with E-state index in [0.717, 1.165) is 12.8 Å². The standard InChI is InChI=1S/C9H15NO3/c1-3-10(6-11)9(2,8(12)13)7-4-5-7/h6-7H,3-5H2,1-2H3,(H,12,13). The van der Waals surface area contributed by atoms with Crippen LogP contribution in [0.5, 0.6) is 0 Å². The third-order valence-electron chi connectivity index (χ3n) is 2.87. The van der Waals surface area contributed by atoms with Crippen molar-refractivity contribution >= 4 is 12.4 Å². The maximum atomic E-state index is 11.1. The highest BCUT2D eigenvalue weighted by Gasteiger charge is 2.50. The van der Waals surface area contributed by atoms with Gasteiger partial charge in [0.1, 0.15) is 5.54 Å². The molecule has 0 spiro atoms. The molecular formula is C9H15NO3. The van der Waals surface area contributed by atoms with Crippen molar-refractivity contribution in [3.8, 4) is 0 Å². The maximum Gasteiger partial charge on any atom is 0.329 e. The fraction of sp³-hybridized carbons (Fsp3) is 0.778. The summed E-state index contributed by atoms with van der Waals surface area (Å²) in [6, 6.07) is 0. The summed E-state index contributed by atoms with van der Waals surface area (Å²) in [6.07, 6.45) is 2.45. The number of aliphatic carboxylic acids is 1. The topological polar surface area (TPSA) is 57.6 Å². The van der Waals surface area contributed by atoms with Gasteiger partial charge in [-0.2, -0.15) is 0 Å². The number of likely N-dealkylation sites (N-methyl/N-ethyl adjacent to an activating group) is 1. The van der Waals surface area contributed by atoms with Crippen molar-refractivity contribution in [2.24, 2.45) is 5.92 Å². The van der Waals surface area contributed by atoms with Crippen molar-refractivity contribution < 1.29 is 14.7 Å². The number of rotatable bonds is 5. The minimum Gasteiger partial charge on any atom is -0.479 e. The molecule has 0 aliphatic heterocycles. The lowest BCUT2D eigenvalue weighted by molar-refractivity contribution is -0.155. The normalized spacial score (nSPS) is 20.5. The average molecular weight is 185 g/mol. The first kappa shape index (κ1) is 10.0. The average Bonchev–Trinajstić information content (AvgIpc) is 2.88. The van der Waals surface area contributed by atoms with Crippen LogP contribution in [0.25, 0.3) is 0 Å². The number of nitrogens with zero attached hydrogens (tertiary/aromatic N) is 1. The van der Waals surface area contributed by atoms with Gasteiger partial charge in [-0.1, -0.05) is 0 Å². The smallest absolute Gasteiger partial charge is 0.329 e. The van der Waals surface area contributed by atoms with Crippen molar-refractivity contribution in [3.63, 3.8) is 0 Å². The number of carboxylic acid groups (broad SMARTS) is 1. The molecule has 74 valence electrons. The highest BCUT2D eigenvalue weighted by Crippen LogP contribution is 2.42. The first-order valence-electron chi connectivity index (χ1n) is 4.52. The summed E-state index contributed by atoms with van der Waals surface area (Å²) in [7, 11) is 0. The summed E-state index contributed by atoms with van der Waals surface area (Å²) in [6.45, 7) is 3.87. The summed E-state index contributed by atoms with van der Waals surface area (Å²) >= 11 is 0. The lowest BCUT2D eigenvalue weighted by atomic mass is 9.94. The Balaban J connectivity index is 2.87. The number of carboxylic acids is 1. The van der Waals surface area contributed by atoms with Crippen LogP contribution in [0.3, 0.4) is 0 Å². The van der Waals surface area contributed by atoms with E-state index in [1.165, 1.54) is 4.90 Å². The van der Waals surface area contributed by atoms with Gasteiger partial charge in [0.15, 0.2) is 0 Å². The molecule has 1 unspecified atom stereocenters. The van der Waals surface area contributed by atoms with E-state index < -0.39 is 11.5 Å². The molecule has 1 rings (SSSR count). The fourth-order valence-electron chi connectivity index (χ4n) is 1.69. The zero-order chi connectivity index (χ0) is 10.1. The second kappa shape index (κ2) is 3.36. The summed E-state index contributed by atoms with van der Waals surface area (Å²) in [5, 5.41) is 9.07. The van der Waals surface area contributed by atoms with Gasteiger partial charge in [0.2, 0.25) is 6.41 Å². The van der Waals surface area contributed by atoms with Crippen LogP contribution in [0.1, 0.15) is 26.7 Å². The summed E-state index contributed by atoms with van der Waals surface area (Å²) in [5.74, 6) is -0.765. The van der Waals surface area contributed by atoms with Crippen molar-refractivity contribution in [3.05, 3.63) is 0 Å². The third kappa shape index (κ3) is 1.53. The predicted octanol–water partition coefficient (Wildman–Crippen LogP) is 0.718. The molecule has 0 aromatic rings. The van der Waals surface area contributed by atoms with Crippen LogP contribution in [0.15, 0.2) is 0 Å². The molecule has 13 heavy (non-hydrogen) atoms. The van der Waals surface area contributed by atoms with Gasteiger partial charge in [-0.05, 0) is 32.6 Å². The molecule has 1 amide bonds. The molecule has 0 radical (unpaired) electrons. The molecule has 1 atom stereocenters. The Morgan fingerprint density at radius 1 is 1.69 bits per heavy atom. The molecule has 4 heteroatoms. The second-order valence-electron chi connectivity index (χ2n) is 3.62. The van der Waals surface area contributed by atoms with Gasteiger partial charge in [0.25, 0.3) is 0 Å². The van der Waals surface area contributed by atoms with Crippen LogP contribution in [-0.2, 0) is 9.59 Å². The predicted molar refractivity (Wildman–Crippen MR) is 47.2 cm³/mol. The van der Waals surface area contributed by atoms with Crippen LogP contribution in [-0.4, -0.2) is 34.5 Å². The molecule has 1 fully saturated rings. The zero-order valence-corrected chi connectivity index (χ0v) is 7.99. The molecule has 0 bridgehead atoms. The summed E-state index contributed by atoms with van der Waals surface area (Å²) < 4.78 is 0. The number of carbonyl (C=O) groups is 2. The Kier molecular flexibility index (Phi) is 2.59. The molecule has 1 saturated carbocycles. The van der Waals surface area contributed by atoms with Gasteiger partial charge in [-0.3, -0.25) is 4.79 Å². The van der Waals surface area contributed by atoms with Crippen molar-refractivity contribution in [1.29, 1.82) is 0 Å². The van der Waals surface area contributed by atoms with E-state index in [4.69, 9.17) is 5.11 Å². The first-order valence-corrected chi connectivity index (χ1v) is 4.52. The van der Waals surface area contributed by atoms with Crippen LogP contribution in [0.2, 0.25) is 0 Å². The molecule has 1 aliphatic rings. The van der Waals surface area contributed by atoms with Crippen LogP contribution >= 0.6 is 0 Å². The van der Waals surface area contributed by atoms with Crippen LogP contribution in [0, 0.1) is 5.92 Å². The number of hydrogen-bond donors (Lipinski definition) is 1. The quantitative estimate of drug-likeness (QED) is 0.642. The molecule has 1 aliphatic carbocycles. The van der Waals surface area contributed by atoms with Gasteiger partial charge in [0.05, 0.1) is 0 Å². The molecular weight excluding hydrogens is 170 g/mol. The van der Waals surface area contributed by atoms with E-state index >= 15 is 0 Å². The Morgan fingerprint density at radius 2 is 2.23 bits per heavy atom. The van der Waals surface area contributed by atoms with E-state index in [1.807, 2.05) is 0 Å². The minimum absolute atomic E-state index is 0.134. The SMILES string of the molecule is CCN(C=O)C(C)(C(=O)O)C1CC1. The molecule has 1 N–H and O–H groups in total. The van der Waals surface area contributed by atoms with E-state index in [2.05, 4.69) is 0 Å². The molecule has 0 aromatic heterocycles. The van der Waals surface area contributed by atoms with Gasteiger partial charge < -0.3 is 10.0 Å². The fourth-order valence-corrected chi connectivity index (χ4v) is 1.69. The monoisotopic (exact) mass is 185 g/mol. The summed E-state index contributed by atoms with van der Waals surface area (Å²) in [5.41, 5.74) is -0.990. The van der Waals surface area contributed by atoms with E-state index in [1.54, 1.807) is 13.8 Å². The zero-order valence-electron chi connectivity index (χ0n) is 7.99. The largest absolute Gasteiger partial charge is 0.479 e. The van der Waals surface area contributed by atoms with Gasteiger partial charge >= 0.3 is 5.97 Å². The number of amides is 1.